The van der Waals surface area contributed by atoms with Gasteiger partial charge in [0.05, 0.1) is 27.6 Å². The van der Waals surface area contributed by atoms with E-state index in [-0.39, 0.29) is 0 Å². The molecule has 0 radical (unpaired) electrons. The standard InChI is InChI=1S/C11H11BrCl2N4/c1-2-15-5-7-6-18(17-16-7)9-4-3-8(12)10(13)11(9)14/h3-4,6,15H,2,5H2,1H3. The molecule has 1 aromatic carbocycles. The van der Waals surface area contributed by atoms with Crippen molar-refractivity contribution in [2.45, 2.75) is 13.5 Å². The summed E-state index contributed by atoms with van der Waals surface area (Å²) in [5.41, 5.74) is 1.56. The Hall–Kier alpha value is -0.620. The van der Waals surface area contributed by atoms with Crippen molar-refractivity contribution in [2.24, 2.45) is 0 Å². The van der Waals surface area contributed by atoms with Gasteiger partial charge in [0.25, 0.3) is 0 Å². The first-order valence-corrected chi connectivity index (χ1v) is 6.94. The van der Waals surface area contributed by atoms with Crippen LogP contribution in [0.3, 0.4) is 0 Å². The van der Waals surface area contributed by atoms with Crippen molar-refractivity contribution in [3.8, 4) is 5.69 Å². The zero-order valence-electron chi connectivity index (χ0n) is 9.62. The van der Waals surface area contributed by atoms with Gasteiger partial charge in [-0.15, -0.1) is 5.10 Å². The Kier molecular flexibility index (Phi) is 4.61. The van der Waals surface area contributed by atoms with Crippen LogP contribution in [0.2, 0.25) is 10.0 Å². The molecule has 1 heterocycles. The molecule has 0 aliphatic carbocycles. The number of hydrogen-bond donors (Lipinski definition) is 1. The molecule has 18 heavy (non-hydrogen) atoms. The number of hydrogen-bond acceptors (Lipinski definition) is 3. The summed E-state index contributed by atoms with van der Waals surface area (Å²) >= 11 is 15.6. The Balaban J connectivity index is 2.31. The number of halogens is 3. The number of aromatic nitrogens is 3. The zero-order chi connectivity index (χ0) is 13.1. The average molecular weight is 350 g/mol. The summed E-state index contributed by atoms with van der Waals surface area (Å²) in [5, 5.41) is 12.2. The van der Waals surface area contributed by atoms with Crippen molar-refractivity contribution < 1.29 is 0 Å². The first-order valence-electron chi connectivity index (χ1n) is 5.39. The molecule has 1 aromatic heterocycles. The van der Waals surface area contributed by atoms with Crippen molar-refractivity contribution >= 4 is 39.1 Å². The topological polar surface area (TPSA) is 42.7 Å². The van der Waals surface area contributed by atoms with Crippen LogP contribution in [-0.2, 0) is 6.54 Å². The van der Waals surface area contributed by atoms with Gasteiger partial charge in [-0.2, -0.15) is 0 Å². The highest BCUT2D eigenvalue weighted by atomic mass is 79.9. The minimum atomic E-state index is 0.450. The largest absolute Gasteiger partial charge is 0.311 e. The van der Waals surface area contributed by atoms with E-state index in [2.05, 4.69) is 31.6 Å². The van der Waals surface area contributed by atoms with Crippen LogP contribution in [0.25, 0.3) is 5.69 Å². The van der Waals surface area contributed by atoms with Crippen molar-refractivity contribution in [3.63, 3.8) is 0 Å². The normalized spacial score (nSPS) is 10.9. The van der Waals surface area contributed by atoms with Gasteiger partial charge in [0.15, 0.2) is 0 Å². The van der Waals surface area contributed by atoms with Crippen LogP contribution in [0.5, 0.6) is 0 Å². The van der Waals surface area contributed by atoms with Gasteiger partial charge in [0.1, 0.15) is 0 Å². The summed E-state index contributed by atoms with van der Waals surface area (Å²) in [4.78, 5) is 0. The fourth-order valence-corrected chi connectivity index (χ4v) is 2.30. The fraction of sp³-hybridized carbons (Fsp3) is 0.273. The third-order valence-corrected chi connectivity index (χ3v) is 4.12. The van der Waals surface area contributed by atoms with Crippen LogP contribution in [0.1, 0.15) is 12.6 Å². The molecule has 0 spiro atoms. The van der Waals surface area contributed by atoms with Crippen molar-refractivity contribution in [1.29, 1.82) is 0 Å². The van der Waals surface area contributed by atoms with E-state index in [9.17, 15) is 0 Å². The van der Waals surface area contributed by atoms with E-state index in [1.807, 2.05) is 25.3 Å². The van der Waals surface area contributed by atoms with Gasteiger partial charge in [-0.25, -0.2) is 4.68 Å². The maximum Gasteiger partial charge on any atom is 0.0969 e. The molecule has 0 saturated carbocycles. The lowest BCUT2D eigenvalue weighted by atomic mass is 10.3. The van der Waals surface area contributed by atoms with Gasteiger partial charge >= 0.3 is 0 Å². The molecule has 0 bridgehead atoms. The summed E-state index contributed by atoms with van der Waals surface area (Å²) in [6.07, 6.45) is 1.83. The Morgan fingerprint density at radius 1 is 1.33 bits per heavy atom. The van der Waals surface area contributed by atoms with Crippen molar-refractivity contribution in [3.05, 3.63) is 38.5 Å². The number of benzene rings is 1. The molecule has 1 N–H and O–H groups in total. The maximum absolute atomic E-state index is 6.18. The Labute approximate surface area is 123 Å². The molecule has 2 aromatic rings. The summed E-state index contributed by atoms with van der Waals surface area (Å²) in [6, 6.07) is 3.67. The second kappa shape index (κ2) is 6.02. The van der Waals surface area contributed by atoms with Gasteiger partial charge in [0, 0.05) is 11.0 Å². The van der Waals surface area contributed by atoms with Gasteiger partial charge in [0.2, 0.25) is 0 Å². The molecule has 7 heteroatoms. The molecule has 0 fully saturated rings. The highest BCUT2D eigenvalue weighted by molar-refractivity contribution is 9.10. The average Bonchev–Trinajstić information content (AvgIpc) is 2.82. The lowest BCUT2D eigenvalue weighted by Crippen LogP contribution is -2.11. The molecule has 0 amide bonds. The zero-order valence-corrected chi connectivity index (χ0v) is 12.7. The predicted octanol–water partition coefficient (Wildman–Crippen LogP) is 3.45. The van der Waals surface area contributed by atoms with Gasteiger partial charge in [-0.05, 0) is 34.6 Å². The molecule has 2 rings (SSSR count). The van der Waals surface area contributed by atoms with E-state index in [1.165, 1.54) is 0 Å². The molecule has 96 valence electrons. The van der Waals surface area contributed by atoms with E-state index in [0.29, 0.717) is 22.3 Å². The Bertz CT molecular complexity index is 556. The van der Waals surface area contributed by atoms with Crippen LogP contribution in [0.4, 0.5) is 0 Å². The maximum atomic E-state index is 6.18. The SMILES string of the molecule is CCNCc1cn(-c2ccc(Br)c(Cl)c2Cl)nn1. The van der Waals surface area contributed by atoms with E-state index in [1.54, 1.807) is 4.68 Å². The summed E-state index contributed by atoms with van der Waals surface area (Å²) in [6.45, 7) is 3.60. The summed E-state index contributed by atoms with van der Waals surface area (Å²) in [5.74, 6) is 0. The number of nitrogens with one attached hydrogen (secondary N) is 1. The monoisotopic (exact) mass is 348 g/mol. The van der Waals surface area contributed by atoms with Gasteiger partial charge in [-0.3, -0.25) is 0 Å². The summed E-state index contributed by atoms with van der Waals surface area (Å²) in [7, 11) is 0. The van der Waals surface area contributed by atoms with Crippen molar-refractivity contribution in [2.75, 3.05) is 6.54 Å². The second-order valence-corrected chi connectivity index (χ2v) is 5.24. The van der Waals surface area contributed by atoms with Gasteiger partial charge < -0.3 is 5.32 Å². The first kappa shape index (κ1) is 13.8. The highest BCUT2D eigenvalue weighted by Gasteiger charge is 2.11. The minimum absolute atomic E-state index is 0.450. The van der Waals surface area contributed by atoms with E-state index < -0.39 is 0 Å². The fourth-order valence-electron chi connectivity index (χ4n) is 1.44. The van der Waals surface area contributed by atoms with Crippen molar-refractivity contribution in [1.82, 2.24) is 20.3 Å². The quantitative estimate of drug-likeness (QED) is 0.859. The van der Waals surface area contributed by atoms with Crippen LogP contribution in [0.15, 0.2) is 22.8 Å². The Morgan fingerprint density at radius 2 is 2.11 bits per heavy atom. The van der Waals surface area contributed by atoms with E-state index in [0.717, 1.165) is 16.7 Å². The minimum Gasteiger partial charge on any atom is -0.311 e. The third-order valence-electron chi connectivity index (χ3n) is 2.36. The summed E-state index contributed by atoms with van der Waals surface area (Å²) < 4.78 is 2.37. The van der Waals surface area contributed by atoms with Crippen LogP contribution < -0.4 is 5.32 Å². The molecule has 0 atom stereocenters. The Morgan fingerprint density at radius 3 is 2.83 bits per heavy atom. The number of nitrogens with zero attached hydrogens (tertiary/aromatic N) is 3. The predicted molar refractivity (Wildman–Crippen MR) is 76.5 cm³/mol. The van der Waals surface area contributed by atoms with Crippen LogP contribution >= 0.6 is 39.1 Å². The molecule has 0 unspecified atom stereocenters. The molecule has 0 aliphatic heterocycles. The lowest BCUT2D eigenvalue weighted by Gasteiger charge is -2.06. The van der Waals surface area contributed by atoms with E-state index in [4.69, 9.17) is 23.2 Å². The van der Waals surface area contributed by atoms with Crippen LogP contribution in [0, 0.1) is 0 Å². The molecule has 0 aliphatic rings. The number of rotatable bonds is 4. The first-order chi connectivity index (χ1) is 8.63. The molecule has 0 saturated heterocycles. The van der Waals surface area contributed by atoms with Crippen LogP contribution in [-0.4, -0.2) is 21.5 Å². The third kappa shape index (κ3) is 2.85. The lowest BCUT2D eigenvalue weighted by molar-refractivity contribution is 0.705. The molecule has 4 nitrogen and oxygen atoms in total. The second-order valence-electron chi connectivity index (χ2n) is 3.63. The van der Waals surface area contributed by atoms with Gasteiger partial charge in [-0.1, -0.05) is 35.3 Å². The van der Waals surface area contributed by atoms with E-state index >= 15 is 0 Å². The molecular weight excluding hydrogens is 339 g/mol. The smallest absolute Gasteiger partial charge is 0.0969 e. The molecular formula is C11H11BrCl2N4. The highest BCUT2D eigenvalue weighted by Crippen LogP contribution is 2.34.